The topological polar surface area (TPSA) is 66.8 Å². The number of methoxy groups -OCH3 is 1. The average molecular weight is 260 g/mol. The maximum absolute atomic E-state index is 10.9. The van der Waals surface area contributed by atoms with Crippen molar-refractivity contribution in [1.29, 1.82) is 0 Å². The highest BCUT2D eigenvalue weighted by Gasteiger charge is 2.08. The molecule has 0 amide bonds. The van der Waals surface area contributed by atoms with E-state index in [4.69, 9.17) is 10.2 Å². The van der Waals surface area contributed by atoms with Gasteiger partial charge in [-0.3, -0.25) is 0 Å². The average Bonchev–Trinajstić information content (AvgIpc) is 2.42. The van der Waals surface area contributed by atoms with Crippen LogP contribution < -0.4 is 0 Å². The third-order valence-corrected chi connectivity index (χ3v) is 2.42. The van der Waals surface area contributed by atoms with Crippen molar-refractivity contribution in [1.82, 2.24) is 0 Å². The number of benzene rings is 2. The zero-order valence-electron chi connectivity index (χ0n) is 10.8. The van der Waals surface area contributed by atoms with E-state index in [0.717, 1.165) is 5.56 Å². The van der Waals surface area contributed by atoms with E-state index in [1.807, 2.05) is 25.1 Å². The Balaban J connectivity index is 0.000000200. The molecule has 0 saturated heterocycles. The number of phenolic OH excluding ortho intramolecular Hbond substituents is 2. The Bertz CT molecular complexity index is 528. The van der Waals surface area contributed by atoms with Gasteiger partial charge in [0.1, 0.15) is 17.1 Å². The molecule has 4 heteroatoms. The minimum absolute atomic E-state index is 0.0562. The monoisotopic (exact) mass is 260 g/mol. The van der Waals surface area contributed by atoms with Gasteiger partial charge in [-0.2, -0.15) is 0 Å². The number of rotatable bonds is 1. The van der Waals surface area contributed by atoms with Crippen LogP contribution in [0.5, 0.6) is 11.5 Å². The number of carbonyl (C=O) groups excluding carboxylic acids is 1. The van der Waals surface area contributed by atoms with E-state index in [2.05, 4.69) is 4.74 Å². The molecule has 2 aromatic carbocycles. The summed E-state index contributed by atoms with van der Waals surface area (Å²) in [7, 11) is 1.27. The highest BCUT2D eigenvalue weighted by Crippen LogP contribution is 2.15. The highest BCUT2D eigenvalue weighted by atomic mass is 16.5. The smallest absolute Gasteiger partial charge is 0.341 e. The van der Waals surface area contributed by atoms with Crippen molar-refractivity contribution in [3.8, 4) is 11.5 Å². The summed E-state index contributed by atoms with van der Waals surface area (Å²) in [5.74, 6) is -0.213. The van der Waals surface area contributed by atoms with Gasteiger partial charge in [0.15, 0.2) is 0 Å². The Morgan fingerprint density at radius 1 is 0.947 bits per heavy atom. The lowest BCUT2D eigenvalue weighted by Crippen LogP contribution is -2.00. The van der Waals surface area contributed by atoms with Crippen LogP contribution in [0.1, 0.15) is 15.9 Å². The number of hydrogen-bond acceptors (Lipinski definition) is 4. The standard InChI is InChI=1S/C8H8O3.C7H8O/c1-11-8(10)6-4-2-3-5-7(6)9;1-6-4-2-3-5-7(6)8/h2-5,9H,1H3;2-5,8H,1H3. The first-order chi connectivity index (χ1) is 9.06. The minimum Gasteiger partial charge on any atom is -0.508 e. The molecule has 0 aliphatic rings. The van der Waals surface area contributed by atoms with Crippen molar-refractivity contribution in [2.45, 2.75) is 6.92 Å². The summed E-state index contributed by atoms with van der Waals surface area (Å²) in [5, 5.41) is 18.0. The second kappa shape index (κ2) is 7.06. The molecule has 19 heavy (non-hydrogen) atoms. The molecule has 100 valence electrons. The summed E-state index contributed by atoms with van der Waals surface area (Å²) >= 11 is 0. The second-order valence-corrected chi connectivity index (χ2v) is 3.80. The lowest BCUT2D eigenvalue weighted by atomic mass is 10.2. The van der Waals surface area contributed by atoms with Crippen molar-refractivity contribution < 1.29 is 19.7 Å². The lowest BCUT2D eigenvalue weighted by Gasteiger charge is -1.99. The van der Waals surface area contributed by atoms with Crippen LogP contribution in [0.25, 0.3) is 0 Å². The van der Waals surface area contributed by atoms with Gasteiger partial charge in [0, 0.05) is 0 Å². The number of phenols is 2. The largest absolute Gasteiger partial charge is 0.508 e. The molecule has 0 radical (unpaired) electrons. The number of hydrogen-bond donors (Lipinski definition) is 2. The summed E-state index contributed by atoms with van der Waals surface area (Å²) in [6.45, 7) is 1.87. The van der Waals surface area contributed by atoms with Crippen LogP contribution in [0.15, 0.2) is 48.5 Å². The molecule has 0 unspecified atom stereocenters. The summed E-state index contributed by atoms with van der Waals surface area (Å²) in [6.07, 6.45) is 0. The first-order valence-corrected chi connectivity index (χ1v) is 5.67. The van der Waals surface area contributed by atoms with E-state index in [0.29, 0.717) is 5.75 Å². The van der Waals surface area contributed by atoms with Crippen LogP contribution in [0.2, 0.25) is 0 Å². The summed E-state index contributed by atoms with van der Waals surface area (Å²) in [6, 6.07) is 13.5. The van der Waals surface area contributed by atoms with E-state index in [9.17, 15) is 4.79 Å². The predicted octanol–water partition coefficient (Wildman–Crippen LogP) is 2.88. The second-order valence-electron chi connectivity index (χ2n) is 3.80. The molecule has 2 N–H and O–H groups in total. The summed E-state index contributed by atoms with van der Waals surface area (Å²) in [5.41, 5.74) is 1.11. The molecule has 0 spiro atoms. The maximum Gasteiger partial charge on any atom is 0.341 e. The summed E-state index contributed by atoms with van der Waals surface area (Å²) < 4.78 is 4.42. The SMILES string of the molecule is COC(=O)c1ccccc1O.Cc1ccccc1O. The Morgan fingerprint density at radius 3 is 1.89 bits per heavy atom. The van der Waals surface area contributed by atoms with Gasteiger partial charge < -0.3 is 14.9 Å². The Labute approximate surface area is 111 Å². The van der Waals surface area contributed by atoms with Crippen LogP contribution in [-0.2, 0) is 4.74 Å². The quantitative estimate of drug-likeness (QED) is 0.774. The van der Waals surface area contributed by atoms with Crippen molar-refractivity contribution >= 4 is 5.97 Å². The molecule has 4 nitrogen and oxygen atoms in total. The van der Waals surface area contributed by atoms with Crippen molar-refractivity contribution in [3.05, 3.63) is 59.7 Å². The molecule has 0 heterocycles. The number of esters is 1. The van der Waals surface area contributed by atoms with Gasteiger partial charge in [-0.05, 0) is 30.7 Å². The van der Waals surface area contributed by atoms with Gasteiger partial charge in [0.05, 0.1) is 7.11 Å². The van der Waals surface area contributed by atoms with E-state index in [-0.39, 0.29) is 11.3 Å². The molecule has 0 aromatic heterocycles. The zero-order valence-corrected chi connectivity index (χ0v) is 10.8. The molecular formula is C15H16O4. The van der Waals surface area contributed by atoms with Gasteiger partial charge in [-0.1, -0.05) is 30.3 Å². The number of ether oxygens (including phenoxy) is 1. The fourth-order valence-electron chi connectivity index (χ4n) is 1.32. The van der Waals surface area contributed by atoms with Crippen LogP contribution in [0.3, 0.4) is 0 Å². The maximum atomic E-state index is 10.9. The Morgan fingerprint density at radius 2 is 1.47 bits per heavy atom. The first kappa shape index (κ1) is 14.6. The third-order valence-electron chi connectivity index (χ3n) is 2.42. The molecule has 0 aliphatic heterocycles. The number of carbonyl (C=O) groups is 1. The van der Waals surface area contributed by atoms with Gasteiger partial charge in [-0.15, -0.1) is 0 Å². The fraction of sp³-hybridized carbons (Fsp3) is 0.133. The Kier molecular flexibility index (Phi) is 5.41. The van der Waals surface area contributed by atoms with Gasteiger partial charge in [0.25, 0.3) is 0 Å². The Hall–Kier alpha value is -2.49. The highest BCUT2D eigenvalue weighted by molar-refractivity contribution is 5.92. The zero-order chi connectivity index (χ0) is 14.3. The van der Waals surface area contributed by atoms with Gasteiger partial charge in [-0.25, -0.2) is 4.79 Å². The number of aromatic hydroxyl groups is 2. The number of aryl methyl sites for hydroxylation is 1. The third kappa shape index (κ3) is 4.35. The van der Waals surface area contributed by atoms with Crippen LogP contribution in [0, 0.1) is 6.92 Å². The molecule has 0 bridgehead atoms. The minimum atomic E-state index is -0.525. The first-order valence-electron chi connectivity index (χ1n) is 5.67. The predicted molar refractivity (Wildman–Crippen MR) is 72.3 cm³/mol. The summed E-state index contributed by atoms with van der Waals surface area (Å²) in [4.78, 5) is 10.9. The molecule has 2 rings (SSSR count). The molecule has 0 fully saturated rings. The molecule has 0 aliphatic carbocycles. The number of para-hydroxylation sites is 2. The van der Waals surface area contributed by atoms with Crippen molar-refractivity contribution in [2.24, 2.45) is 0 Å². The van der Waals surface area contributed by atoms with E-state index >= 15 is 0 Å². The van der Waals surface area contributed by atoms with Crippen LogP contribution >= 0.6 is 0 Å². The van der Waals surface area contributed by atoms with E-state index < -0.39 is 5.97 Å². The normalized spacial score (nSPS) is 9.16. The van der Waals surface area contributed by atoms with E-state index in [1.54, 1.807) is 18.2 Å². The molecule has 0 atom stereocenters. The van der Waals surface area contributed by atoms with E-state index in [1.165, 1.54) is 19.2 Å². The molecular weight excluding hydrogens is 244 g/mol. The van der Waals surface area contributed by atoms with Crippen molar-refractivity contribution in [3.63, 3.8) is 0 Å². The van der Waals surface area contributed by atoms with Crippen LogP contribution in [-0.4, -0.2) is 23.3 Å². The van der Waals surface area contributed by atoms with Gasteiger partial charge in [0.2, 0.25) is 0 Å². The van der Waals surface area contributed by atoms with Gasteiger partial charge >= 0.3 is 5.97 Å². The van der Waals surface area contributed by atoms with Crippen molar-refractivity contribution in [2.75, 3.05) is 7.11 Å². The lowest BCUT2D eigenvalue weighted by molar-refractivity contribution is 0.0597. The van der Waals surface area contributed by atoms with Crippen LogP contribution in [0.4, 0.5) is 0 Å². The molecule has 2 aromatic rings. The molecule has 0 saturated carbocycles. The fourth-order valence-corrected chi connectivity index (χ4v) is 1.32.